The van der Waals surface area contributed by atoms with E-state index in [1.54, 1.807) is 6.08 Å². The highest BCUT2D eigenvalue weighted by molar-refractivity contribution is 5.91. The SMILES string of the molecule is Nc1cccc(/C=C/C(=O)N2CCCCCC2)c1. The van der Waals surface area contributed by atoms with Crippen LogP contribution >= 0.6 is 0 Å². The maximum atomic E-state index is 12.0. The number of likely N-dealkylation sites (tertiary alicyclic amines) is 1. The lowest BCUT2D eigenvalue weighted by Crippen LogP contribution is -2.30. The average molecular weight is 244 g/mol. The fourth-order valence-corrected chi connectivity index (χ4v) is 2.23. The van der Waals surface area contributed by atoms with Gasteiger partial charge in [-0.05, 0) is 36.6 Å². The Balaban J connectivity index is 1.97. The Kier molecular flexibility index (Phi) is 4.40. The van der Waals surface area contributed by atoms with Crippen molar-refractivity contribution in [3.05, 3.63) is 35.9 Å². The lowest BCUT2D eigenvalue weighted by molar-refractivity contribution is -0.125. The molecule has 1 aromatic rings. The summed E-state index contributed by atoms with van der Waals surface area (Å²) in [5, 5.41) is 0. The zero-order valence-electron chi connectivity index (χ0n) is 10.6. The summed E-state index contributed by atoms with van der Waals surface area (Å²) in [5.74, 6) is 0.110. The molecule has 0 atom stereocenters. The molecule has 1 heterocycles. The first kappa shape index (κ1) is 12.7. The van der Waals surface area contributed by atoms with Crippen molar-refractivity contribution in [1.29, 1.82) is 0 Å². The number of hydrogen-bond acceptors (Lipinski definition) is 2. The molecular weight excluding hydrogens is 224 g/mol. The van der Waals surface area contributed by atoms with E-state index < -0.39 is 0 Å². The molecule has 0 unspecified atom stereocenters. The highest BCUT2D eigenvalue weighted by atomic mass is 16.2. The Hall–Kier alpha value is -1.77. The molecule has 3 nitrogen and oxygen atoms in total. The van der Waals surface area contributed by atoms with Gasteiger partial charge < -0.3 is 10.6 Å². The van der Waals surface area contributed by atoms with E-state index in [1.165, 1.54) is 12.8 Å². The molecular formula is C15H20N2O. The molecule has 0 radical (unpaired) electrons. The molecule has 18 heavy (non-hydrogen) atoms. The zero-order chi connectivity index (χ0) is 12.8. The molecule has 0 spiro atoms. The minimum absolute atomic E-state index is 0.110. The van der Waals surface area contributed by atoms with Crippen LogP contribution in [0.25, 0.3) is 6.08 Å². The van der Waals surface area contributed by atoms with Gasteiger partial charge in [0.05, 0.1) is 0 Å². The van der Waals surface area contributed by atoms with Crippen molar-refractivity contribution in [2.75, 3.05) is 18.8 Å². The quantitative estimate of drug-likeness (QED) is 0.642. The van der Waals surface area contributed by atoms with E-state index >= 15 is 0 Å². The van der Waals surface area contributed by atoms with Crippen LogP contribution in [0.15, 0.2) is 30.3 Å². The second-order valence-corrected chi connectivity index (χ2v) is 4.74. The number of nitrogens with zero attached hydrogens (tertiary/aromatic N) is 1. The number of rotatable bonds is 2. The summed E-state index contributed by atoms with van der Waals surface area (Å²) >= 11 is 0. The van der Waals surface area contributed by atoms with E-state index in [9.17, 15) is 4.79 Å². The first-order valence-corrected chi connectivity index (χ1v) is 6.58. The van der Waals surface area contributed by atoms with Crippen molar-refractivity contribution in [1.82, 2.24) is 4.90 Å². The van der Waals surface area contributed by atoms with Gasteiger partial charge in [-0.1, -0.05) is 25.0 Å². The van der Waals surface area contributed by atoms with Gasteiger partial charge in [0.25, 0.3) is 0 Å². The van der Waals surface area contributed by atoms with E-state index in [0.717, 1.165) is 37.2 Å². The second-order valence-electron chi connectivity index (χ2n) is 4.74. The van der Waals surface area contributed by atoms with Gasteiger partial charge in [0.1, 0.15) is 0 Å². The van der Waals surface area contributed by atoms with Crippen LogP contribution < -0.4 is 5.73 Å². The lowest BCUT2D eigenvalue weighted by atomic mass is 10.2. The molecule has 1 aliphatic heterocycles. The van der Waals surface area contributed by atoms with Crippen LogP contribution in [-0.4, -0.2) is 23.9 Å². The summed E-state index contributed by atoms with van der Waals surface area (Å²) in [5.41, 5.74) is 7.39. The first-order chi connectivity index (χ1) is 8.75. The molecule has 1 saturated heterocycles. The molecule has 1 aliphatic rings. The van der Waals surface area contributed by atoms with Crippen LogP contribution in [0.3, 0.4) is 0 Å². The van der Waals surface area contributed by atoms with Crippen LogP contribution in [0.2, 0.25) is 0 Å². The van der Waals surface area contributed by atoms with Gasteiger partial charge in [-0.3, -0.25) is 4.79 Å². The van der Waals surface area contributed by atoms with Crippen molar-refractivity contribution in [2.24, 2.45) is 0 Å². The minimum Gasteiger partial charge on any atom is -0.399 e. The molecule has 3 heteroatoms. The molecule has 1 aromatic carbocycles. The van der Waals surface area contributed by atoms with Crippen LogP contribution in [0.4, 0.5) is 5.69 Å². The topological polar surface area (TPSA) is 46.3 Å². The highest BCUT2D eigenvalue weighted by Gasteiger charge is 2.12. The Bertz CT molecular complexity index is 432. The van der Waals surface area contributed by atoms with E-state index in [1.807, 2.05) is 35.2 Å². The highest BCUT2D eigenvalue weighted by Crippen LogP contribution is 2.12. The Labute approximate surface area is 108 Å². The lowest BCUT2D eigenvalue weighted by Gasteiger charge is -2.17. The molecule has 96 valence electrons. The van der Waals surface area contributed by atoms with E-state index in [-0.39, 0.29) is 5.91 Å². The number of carbonyl (C=O) groups is 1. The third-order valence-electron chi connectivity index (χ3n) is 3.25. The maximum absolute atomic E-state index is 12.0. The largest absolute Gasteiger partial charge is 0.399 e. The Morgan fingerprint density at radius 1 is 1.17 bits per heavy atom. The van der Waals surface area contributed by atoms with Gasteiger partial charge in [-0.15, -0.1) is 0 Å². The van der Waals surface area contributed by atoms with Gasteiger partial charge in [0.15, 0.2) is 0 Å². The normalized spacial score (nSPS) is 16.8. The molecule has 1 fully saturated rings. The molecule has 2 rings (SSSR count). The van der Waals surface area contributed by atoms with E-state index in [0.29, 0.717) is 0 Å². The van der Waals surface area contributed by atoms with Crippen molar-refractivity contribution >= 4 is 17.7 Å². The van der Waals surface area contributed by atoms with Gasteiger partial charge in [-0.2, -0.15) is 0 Å². The van der Waals surface area contributed by atoms with Crippen molar-refractivity contribution < 1.29 is 4.79 Å². The number of carbonyl (C=O) groups excluding carboxylic acids is 1. The van der Waals surface area contributed by atoms with Gasteiger partial charge in [0.2, 0.25) is 5.91 Å². The molecule has 2 N–H and O–H groups in total. The van der Waals surface area contributed by atoms with Crippen LogP contribution in [0.1, 0.15) is 31.2 Å². The van der Waals surface area contributed by atoms with Gasteiger partial charge in [-0.25, -0.2) is 0 Å². The summed E-state index contributed by atoms with van der Waals surface area (Å²) in [4.78, 5) is 14.0. The van der Waals surface area contributed by atoms with Crippen LogP contribution in [0, 0.1) is 0 Å². The number of nitrogen functional groups attached to an aromatic ring is 1. The second kappa shape index (κ2) is 6.24. The summed E-state index contributed by atoms with van der Waals surface area (Å²) in [6.07, 6.45) is 8.21. The Morgan fingerprint density at radius 3 is 2.56 bits per heavy atom. The molecule has 0 bridgehead atoms. The Morgan fingerprint density at radius 2 is 1.89 bits per heavy atom. The number of anilines is 1. The fourth-order valence-electron chi connectivity index (χ4n) is 2.23. The summed E-state index contributed by atoms with van der Waals surface area (Å²) in [6.45, 7) is 1.78. The number of nitrogens with two attached hydrogens (primary N) is 1. The van der Waals surface area contributed by atoms with Crippen molar-refractivity contribution in [3.8, 4) is 0 Å². The van der Waals surface area contributed by atoms with Crippen LogP contribution in [0.5, 0.6) is 0 Å². The third-order valence-corrected chi connectivity index (χ3v) is 3.25. The molecule has 0 saturated carbocycles. The molecule has 1 amide bonds. The van der Waals surface area contributed by atoms with E-state index in [4.69, 9.17) is 5.73 Å². The van der Waals surface area contributed by atoms with E-state index in [2.05, 4.69) is 0 Å². The number of hydrogen-bond donors (Lipinski definition) is 1. The number of amides is 1. The summed E-state index contributed by atoms with van der Waals surface area (Å²) < 4.78 is 0. The maximum Gasteiger partial charge on any atom is 0.246 e. The number of benzene rings is 1. The molecule has 0 aliphatic carbocycles. The fraction of sp³-hybridized carbons (Fsp3) is 0.400. The monoisotopic (exact) mass is 244 g/mol. The minimum atomic E-state index is 0.110. The summed E-state index contributed by atoms with van der Waals surface area (Å²) in [7, 11) is 0. The third kappa shape index (κ3) is 3.62. The smallest absolute Gasteiger partial charge is 0.246 e. The van der Waals surface area contributed by atoms with Gasteiger partial charge >= 0.3 is 0 Å². The standard InChI is InChI=1S/C15H20N2O/c16-14-7-5-6-13(12-14)8-9-15(18)17-10-3-1-2-4-11-17/h5-9,12H,1-4,10-11,16H2/b9-8+. The van der Waals surface area contributed by atoms with Crippen LogP contribution in [-0.2, 0) is 4.79 Å². The first-order valence-electron chi connectivity index (χ1n) is 6.58. The van der Waals surface area contributed by atoms with Crippen molar-refractivity contribution in [3.63, 3.8) is 0 Å². The summed E-state index contributed by atoms with van der Waals surface area (Å²) in [6, 6.07) is 7.55. The predicted molar refractivity (Wildman–Crippen MR) is 74.9 cm³/mol. The van der Waals surface area contributed by atoms with Crippen molar-refractivity contribution in [2.45, 2.75) is 25.7 Å². The molecule has 0 aromatic heterocycles. The predicted octanol–water partition coefficient (Wildman–Crippen LogP) is 2.68. The zero-order valence-corrected chi connectivity index (χ0v) is 10.6. The average Bonchev–Trinajstić information content (AvgIpc) is 2.65. The van der Waals surface area contributed by atoms with Gasteiger partial charge in [0, 0.05) is 24.9 Å².